The number of hydrogen-bond acceptors (Lipinski definition) is 4. The van der Waals surface area contributed by atoms with E-state index in [2.05, 4.69) is 9.97 Å². The van der Waals surface area contributed by atoms with E-state index in [4.69, 9.17) is 28.2 Å². The molecule has 7 heteroatoms. The quantitative estimate of drug-likeness (QED) is 0.669. The first-order valence-electron chi connectivity index (χ1n) is 8.15. The highest BCUT2D eigenvalue weighted by atomic mass is 35.5. The minimum Gasteiger partial charge on any atom is -0.440 e. The predicted octanol–water partition coefficient (Wildman–Crippen LogP) is 4.56. The van der Waals surface area contributed by atoms with Crippen LogP contribution in [-0.2, 0) is 0 Å². The lowest BCUT2D eigenvalue weighted by molar-refractivity contribution is 0.0705. The lowest BCUT2D eigenvalue weighted by Gasteiger charge is -2.30. The molecule has 1 aliphatic rings. The van der Waals surface area contributed by atoms with Gasteiger partial charge < -0.3 is 14.3 Å². The second-order valence-electron chi connectivity index (χ2n) is 6.14. The fourth-order valence-electron chi connectivity index (χ4n) is 3.18. The Morgan fingerprint density at radius 3 is 2.88 bits per heavy atom. The summed E-state index contributed by atoms with van der Waals surface area (Å²) in [5, 5.41) is 0.646. The first-order chi connectivity index (χ1) is 12.1. The number of nitrogens with one attached hydrogen (secondary N) is 1. The Bertz CT molecular complexity index is 989. The summed E-state index contributed by atoms with van der Waals surface area (Å²) < 4.78 is 6.34. The van der Waals surface area contributed by atoms with Crippen molar-refractivity contribution in [2.24, 2.45) is 0 Å². The van der Waals surface area contributed by atoms with Gasteiger partial charge in [-0.05, 0) is 43.2 Å². The summed E-state index contributed by atoms with van der Waals surface area (Å²) in [6.45, 7) is 1.32. The Hall–Kier alpha value is -2.18. The first kappa shape index (κ1) is 16.3. The van der Waals surface area contributed by atoms with Crippen LogP contribution >= 0.6 is 23.8 Å². The van der Waals surface area contributed by atoms with E-state index >= 15 is 0 Å². The van der Waals surface area contributed by atoms with Crippen LogP contribution in [0.25, 0.3) is 11.1 Å². The number of H-pyrrole nitrogens is 1. The van der Waals surface area contributed by atoms with Gasteiger partial charge in [-0.2, -0.15) is 0 Å². The number of benzene rings is 1. The molecule has 1 amide bonds. The van der Waals surface area contributed by atoms with E-state index in [0.29, 0.717) is 28.3 Å². The summed E-state index contributed by atoms with van der Waals surface area (Å²) >= 11 is 11.2. The number of carbonyl (C=O) groups excluding carboxylic acids is 1. The Morgan fingerprint density at radius 2 is 2.12 bits per heavy atom. The number of carbonyl (C=O) groups is 1. The Morgan fingerprint density at radius 1 is 1.32 bits per heavy atom. The third-order valence-corrected chi connectivity index (χ3v) is 5.12. The zero-order chi connectivity index (χ0) is 17.4. The molecular weight excluding hydrogens is 358 g/mol. The lowest BCUT2D eigenvalue weighted by Crippen LogP contribution is -2.38. The van der Waals surface area contributed by atoms with E-state index in [0.717, 1.165) is 29.8 Å². The molecule has 25 heavy (non-hydrogen) atoms. The van der Waals surface area contributed by atoms with Crippen molar-refractivity contribution in [1.82, 2.24) is 14.9 Å². The topological polar surface area (TPSA) is 62.1 Å². The summed E-state index contributed by atoms with van der Waals surface area (Å²) in [4.78, 5) is 21.9. The Labute approximate surface area is 154 Å². The van der Waals surface area contributed by atoms with Crippen molar-refractivity contribution >= 4 is 40.8 Å². The molecule has 1 fully saturated rings. The van der Waals surface area contributed by atoms with Crippen molar-refractivity contribution in [3.8, 4) is 0 Å². The monoisotopic (exact) mass is 373 g/mol. The molecule has 3 aromatic rings. The van der Waals surface area contributed by atoms with E-state index in [1.807, 2.05) is 11.0 Å². The zero-order valence-electron chi connectivity index (χ0n) is 13.4. The Kier molecular flexibility index (Phi) is 4.31. The maximum Gasteiger partial charge on any atom is 0.256 e. The number of aromatic amines is 1. The van der Waals surface area contributed by atoms with Crippen LogP contribution in [0.4, 0.5) is 0 Å². The molecule has 1 aliphatic heterocycles. The third-order valence-electron chi connectivity index (χ3n) is 4.55. The van der Waals surface area contributed by atoms with Gasteiger partial charge in [0.2, 0.25) is 0 Å². The lowest BCUT2D eigenvalue weighted by atomic mass is 9.96. The molecule has 2 aromatic heterocycles. The van der Waals surface area contributed by atoms with Crippen LogP contribution in [-0.4, -0.2) is 33.9 Å². The van der Waals surface area contributed by atoms with Crippen LogP contribution in [0.3, 0.4) is 0 Å². The fraction of sp³-hybridized carbons (Fsp3) is 0.278. The second-order valence-corrected chi connectivity index (χ2v) is 6.99. The molecule has 4 rings (SSSR count). The zero-order valence-corrected chi connectivity index (χ0v) is 14.9. The number of likely N-dealkylation sites (tertiary alicyclic amines) is 1. The van der Waals surface area contributed by atoms with Crippen LogP contribution in [0.5, 0.6) is 0 Å². The number of piperidine rings is 1. The number of fused-ring (bicyclic) bond motifs is 1. The van der Waals surface area contributed by atoms with Crippen molar-refractivity contribution in [3.05, 3.63) is 57.6 Å². The van der Waals surface area contributed by atoms with E-state index < -0.39 is 0 Å². The first-order valence-corrected chi connectivity index (χ1v) is 8.93. The van der Waals surface area contributed by atoms with Crippen LogP contribution in [0.15, 0.2) is 40.9 Å². The van der Waals surface area contributed by atoms with Gasteiger partial charge in [0, 0.05) is 30.2 Å². The van der Waals surface area contributed by atoms with Crippen LogP contribution in [0.1, 0.15) is 35.0 Å². The molecule has 0 aliphatic carbocycles. The molecule has 3 heterocycles. The van der Waals surface area contributed by atoms with E-state index in [1.54, 1.807) is 30.5 Å². The van der Waals surface area contributed by atoms with Crippen LogP contribution in [0.2, 0.25) is 5.02 Å². The summed E-state index contributed by atoms with van der Waals surface area (Å²) in [6, 6.07) is 8.99. The van der Waals surface area contributed by atoms with Gasteiger partial charge in [-0.25, -0.2) is 4.98 Å². The molecule has 0 saturated carbocycles. The average Bonchev–Trinajstić information content (AvgIpc) is 3.05. The van der Waals surface area contributed by atoms with Crippen molar-refractivity contribution in [3.63, 3.8) is 0 Å². The molecule has 1 N–H and O–H groups in total. The highest BCUT2D eigenvalue weighted by Crippen LogP contribution is 2.31. The molecule has 0 atom stereocenters. The molecule has 1 aromatic carbocycles. The molecule has 5 nitrogen and oxygen atoms in total. The number of halogens is 1. The van der Waals surface area contributed by atoms with Gasteiger partial charge in [-0.3, -0.25) is 4.79 Å². The number of aromatic nitrogens is 2. The van der Waals surface area contributed by atoms with Gasteiger partial charge in [0.15, 0.2) is 11.5 Å². The average molecular weight is 374 g/mol. The Balaban J connectivity index is 1.48. The number of hydrogen-bond donors (Lipinski definition) is 1. The highest BCUT2D eigenvalue weighted by Gasteiger charge is 2.28. The van der Waals surface area contributed by atoms with Crippen LogP contribution < -0.4 is 0 Å². The van der Waals surface area contributed by atoms with E-state index in [1.165, 1.54) is 0 Å². The number of amides is 1. The number of pyridine rings is 1. The number of rotatable bonds is 2. The summed E-state index contributed by atoms with van der Waals surface area (Å²) in [5.74, 6) is 0.909. The van der Waals surface area contributed by atoms with Gasteiger partial charge in [0.05, 0.1) is 5.56 Å². The standard InChI is InChI=1S/C18H16ClN3O2S/c19-12-3-4-15-14(10-12)21-16(24-15)11-5-8-22(9-6-11)18(23)13-2-1-7-20-17(13)25/h1-4,7,10-11H,5-6,8-9H2,(H,20,25). The van der Waals surface area contributed by atoms with E-state index in [9.17, 15) is 4.79 Å². The fourth-order valence-corrected chi connectivity index (χ4v) is 3.57. The van der Waals surface area contributed by atoms with Gasteiger partial charge in [0.1, 0.15) is 10.2 Å². The molecule has 0 unspecified atom stereocenters. The number of oxazole rings is 1. The predicted molar refractivity (Wildman–Crippen MR) is 98.5 cm³/mol. The molecule has 0 bridgehead atoms. The van der Waals surface area contributed by atoms with Gasteiger partial charge in [0.25, 0.3) is 5.91 Å². The van der Waals surface area contributed by atoms with Crippen molar-refractivity contribution in [1.29, 1.82) is 0 Å². The molecular formula is C18H16ClN3O2S. The SMILES string of the molecule is O=C(c1ccc[nH]c1=S)N1CCC(c2nc3cc(Cl)ccc3o2)CC1. The molecule has 0 radical (unpaired) electrons. The van der Waals surface area contributed by atoms with Crippen LogP contribution in [0, 0.1) is 4.64 Å². The van der Waals surface area contributed by atoms with Gasteiger partial charge >= 0.3 is 0 Å². The van der Waals surface area contributed by atoms with E-state index in [-0.39, 0.29) is 11.8 Å². The summed E-state index contributed by atoms with van der Waals surface area (Å²) in [6.07, 6.45) is 3.36. The normalized spacial score (nSPS) is 15.6. The maximum atomic E-state index is 12.6. The summed E-state index contributed by atoms with van der Waals surface area (Å²) in [7, 11) is 0. The number of nitrogens with zero attached hydrogens (tertiary/aromatic N) is 2. The smallest absolute Gasteiger partial charge is 0.256 e. The van der Waals surface area contributed by atoms with Crippen molar-refractivity contribution in [2.75, 3.05) is 13.1 Å². The van der Waals surface area contributed by atoms with Crippen molar-refractivity contribution in [2.45, 2.75) is 18.8 Å². The molecule has 128 valence electrons. The highest BCUT2D eigenvalue weighted by molar-refractivity contribution is 7.71. The second kappa shape index (κ2) is 6.61. The largest absolute Gasteiger partial charge is 0.440 e. The minimum atomic E-state index is -0.0235. The van der Waals surface area contributed by atoms with Crippen molar-refractivity contribution < 1.29 is 9.21 Å². The van der Waals surface area contributed by atoms with Gasteiger partial charge in [-0.1, -0.05) is 23.8 Å². The van der Waals surface area contributed by atoms with Gasteiger partial charge in [-0.15, -0.1) is 0 Å². The minimum absolute atomic E-state index is 0.0235. The maximum absolute atomic E-state index is 12.6. The molecule has 0 spiro atoms. The summed E-state index contributed by atoms with van der Waals surface area (Å²) in [5.41, 5.74) is 2.07. The third kappa shape index (κ3) is 3.19. The molecule has 1 saturated heterocycles.